The average molecular weight is 257 g/mol. The van der Waals surface area contributed by atoms with Crippen LogP contribution >= 0.6 is 0 Å². The van der Waals surface area contributed by atoms with Crippen LogP contribution < -0.4 is 0 Å². The number of carbonyl (C=O) groups excluding carboxylic acids is 2. The average Bonchev–Trinajstić information content (AvgIpc) is 2.25. The zero-order valence-corrected chi connectivity index (χ0v) is 11.8. The fourth-order valence-corrected chi connectivity index (χ4v) is 1.86. The lowest BCUT2D eigenvalue weighted by Crippen LogP contribution is -2.60. The van der Waals surface area contributed by atoms with Crippen molar-refractivity contribution in [3.05, 3.63) is 0 Å². The summed E-state index contributed by atoms with van der Waals surface area (Å²) < 4.78 is 5.38. The summed E-state index contributed by atoms with van der Waals surface area (Å²) in [5.74, 6) is 0. The summed E-state index contributed by atoms with van der Waals surface area (Å²) >= 11 is 0. The number of piperazine rings is 1. The number of nitrogens with zero attached hydrogens (tertiary/aromatic N) is 3. The molecule has 2 amide bonds. The first kappa shape index (κ1) is 14.8. The Kier molecular flexibility index (Phi) is 4.56. The highest BCUT2D eigenvalue weighted by Crippen LogP contribution is 2.16. The minimum Gasteiger partial charge on any atom is -0.444 e. The molecule has 1 fully saturated rings. The first-order chi connectivity index (χ1) is 8.24. The van der Waals surface area contributed by atoms with Gasteiger partial charge < -0.3 is 9.64 Å². The number of rotatable bonds is 2. The molecule has 1 unspecified atom stereocenters. The maximum Gasteiger partial charge on any atom is 0.411 e. The van der Waals surface area contributed by atoms with Crippen LogP contribution in [0.3, 0.4) is 0 Å². The van der Waals surface area contributed by atoms with Gasteiger partial charge >= 0.3 is 6.09 Å². The van der Waals surface area contributed by atoms with Gasteiger partial charge in [-0.1, -0.05) is 0 Å². The summed E-state index contributed by atoms with van der Waals surface area (Å²) in [7, 11) is 3.77. The summed E-state index contributed by atoms with van der Waals surface area (Å²) in [5, 5.41) is 0. The molecule has 1 aliphatic rings. The van der Waals surface area contributed by atoms with E-state index >= 15 is 0 Å². The third-order valence-electron chi connectivity index (χ3n) is 2.76. The van der Waals surface area contributed by atoms with Crippen molar-refractivity contribution in [1.82, 2.24) is 14.7 Å². The largest absolute Gasteiger partial charge is 0.444 e. The molecule has 0 aromatic carbocycles. The molecule has 1 heterocycles. The molecule has 0 saturated carbocycles. The molecule has 104 valence electrons. The molecule has 1 saturated heterocycles. The molecule has 0 aliphatic carbocycles. The van der Waals surface area contributed by atoms with Crippen molar-refractivity contribution in [2.45, 2.75) is 32.5 Å². The molecule has 0 spiro atoms. The van der Waals surface area contributed by atoms with Gasteiger partial charge in [0.2, 0.25) is 6.41 Å². The van der Waals surface area contributed by atoms with E-state index in [1.54, 1.807) is 9.80 Å². The quantitative estimate of drug-likeness (QED) is 0.679. The highest BCUT2D eigenvalue weighted by molar-refractivity contribution is 5.69. The first-order valence-corrected chi connectivity index (χ1v) is 6.10. The second-order valence-corrected chi connectivity index (χ2v) is 5.72. The molecule has 1 atom stereocenters. The zero-order chi connectivity index (χ0) is 13.9. The molecular weight excluding hydrogens is 234 g/mol. The Morgan fingerprint density at radius 1 is 1.33 bits per heavy atom. The van der Waals surface area contributed by atoms with Crippen LogP contribution in [0.5, 0.6) is 0 Å². The molecule has 0 bridgehead atoms. The highest BCUT2D eigenvalue weighted by atomic mass is 16.6. The van der Waals surface area contributed by atoms with Crippen LogP contribution in [0.25, 0.3) is 0 Å². The summed E-state index contributed by atoms with van der Waals surface area (Å²) in [4.78, 5) is 28.2. The Balaban J connectivity index is 2.74. The van der Waals surface area contributed by atoms with E-state index in [-0.39, 0.29) is 12.3 Å². The maximum absolute atomic E-state index is 12.1. The number of amides is 2. The number of ether oxygens (including phenoxy) is 1. The van der Waals surface area contributed by atoms with Gasteiger partial charge in [0.25, 0.3) is 0 Å². The van der Waals surface area contributed by atoms with Gasteiger partial charge in [-0.3, -0.25) is 14.6 Å². The number of carbonyl (C=O) groups is 2. The predicted octanol–water partition coefficient (Wildman–Crippen LogP) is 0.583. The van der Waals surface area contributed by atoms with Crippen molar-refractivity contribution in [1.29, 1.82) is 0 Å². The summed E-state index contributed by atoms with van der Waals surface area (Å²) in [5.41, 5.74) is -0.504. The van der Waals surface area contributed by atoms with Gasteiger partial charge in [0.1, 0.15) is 11.8 Å². The van der Waals surface area contributed by atoms with Gasteiger partial charge in [-0.25, -0.2) is 4.79 Å². The lowest BCUT2D eigenvalue weighted by atomic mass is 10.2. The first-order valence-electron chi connectivity index (χ1n) is 6.10. The van der Waals surface area contributed by atoms with Crippen LogP contribution in [0.2, 0.25) is 0 Å². The minimum absolute atomic E-state index is 0.140. The van der Waals surface area contributed by atoms with E-state index in [0.29, 0.717) is 19.6 Å². The Morgan fingerprint density at radius 2 is 1.94 bits per heavy atom. The van der Waals surface area contributed by atoms with E-state index in [9.17, 15) is 9.59 Å². The maximum atomic E-state index is 12.1. The minimum atomic E-state index is -0.504. The van der Waals surface area contributed by atoms with E-state index in [1.165, 1.54) is 0 Å². The molecule has 6 heteroatoms. The Bertz CT molecular complexity index is 312. The van der Waals surface area contributed by atoms with Crippen LogP contribution in [-0.4, -0.2) is 72.7 Å². The summed E-state index contributed by atoms with van der Waals surface area (Å²) in [6.45, 7) is 7.09. The van der Waals surface area contributed by atoms with Gasteiger partial charge in [-0.15, -0.1) is 0 Å². The fraction of sp³-hybridized carbons (Fsp3) is 0.833. The molecule has 0 aromatic heterocycles. The lowest BCUT2D eigenvalue weighted by molar-refractivity contribution is -0.123. The fourth-order valence-electron chi connectivity index (χ4n) is 1.86. The molecular formula is C12H23N3O3. The monoisotopic (exact) mass is 257 g/mol. The molecule has 1 rings (SSSR count). The number of likely N-dealkylation sites (N-methyl/N-ethyl adjacent to an activating group) is 1. The topological polar surface area (TPSA) is 53.1 Å². The van der Waals surface area contributed by atoms with Crippen molar-refractivity contribution in [2.75, 3.05) is 33.7 Å². The highest BCUT2D eigenvalue weighted by Gasteiger charge is 2.34. The normalized spacial score (nSPS) is 21.1. The standard InChI is InChI=1S/C12H23N3O3/c1-12(2,3)18-11(17)15-7-6-14(9-16)8-10(15)13(4)5/h9-10H,6-8H2,1-5H3. The van der Waals surface area contributed by atoms with E-state index in [4.69, 9.17) is 4.74 Å². The van der Waals surface area contributed by atoms with Gasteiger partial charge in [0, 0.05) is 13.1 Å². The van der Waals surface area contributed by atoms with Crippen LogP contribution in [0.4, 0.5) is 4.79 Å². The van der Waals surface area contributed by atoms with Crippen molar-refractivity contribution in [2.24, 2.45) is 0 Å². The van der Waals surface area contributed by atoms with E-state index in [0.717, 1.165) is 6.41 Å². The third kappa shape index (κ3) is 3.87. The van der Waals surface area contributed by atoms with Crippen molar-refractivity contribution in [3.63, 3.8) is 0 Å². The van der Waals surface area contributed by atoms with E-state index in [1.807, 2.05) is 39.8 Å². The van der Waals surface area contributed by atoms with E-state index in [2.05, 4.69) is 0 Å². The second-order valence-electron chi connectivity index (χ2n) is 5.72. The van der Waals surface area contributed by atoms with Gasteiger partial charge in [0.05, 0.1) is 6.54 Å². The Hall–Kier alpha value is -1.30. The Labute approximate surface area is 108 Å². The SMILES string of the molecule is CN(C)C1CN(C=O)CCN1C(=O)OC(C)(C)C. The molecule has 6 nitrogen and oxygen atoms in total. The smallest absolute Gasteiger partial charge is 0.411 e. The summed E-state index contributed by atoms with van der Waals surface area (Å²) in [6.07, 6.45) is 0.355. The van der Waals surface area contributed by atoms with Crippen molar-refractivity contribution in [3.8, 4) is 0 Å². The van der Waals surface area contributed by atoms with Gasteiger partial charge in [0.15, 0.2) is 0 Å². The van der Waals surface area contributed by atoms with Crippen LogP contribution in [0.15, 0.2) is 0 Å². The van der Waals surface area contributed by atoms with Crippen molar-refractivity contribution < 1.29 is 14.3 Å². The van der Waals surface area contributed by atoms with Crippen LogP contribution in [0, 0.1) is 0 Å². The van der Waals surface area contributed by atoms with Gasteiger partial charge in [-0.05, 0) is 34.9 Å². The molecule has 0 radical (unpaired) electrons. The summed E-state index contributed by atoms with van der Waals surface area (Å²) in [6, 6.07) is 0. The third-order valence-corrected chi connectivity index (χ3v) is 2.76. The van der Waals surface area contributed by atoms with Gasteiger partial charge in [-0.2, -0.15) is 0 Å². The van der Waals surface area contributed by atoms with Crippen molar-refractivity contribution >= 4 is 12.5 Å². The molecule has 0 N–H and O–H groups in total. The molecule has 18 heavy (non-hydrogen) atoms. The van der Waals surface area contributed by atoms with E-state index < -0.39 is 5.60 Å². The molecule has 1 aliphatic heterocycles. The Morgan fingerprint density at radius 3 is 2.39 bits per heavy atom. The van der Waals surface area contributed by atoms with Crippen LogP contribution in [0.1, 0.15) is 20.8 Å². The van der Waals surface area contributed by atoms with Crippen LogP contribution in [-0.2, 0) is 9.53 Å². The zero-order valence-electron chi connectivity index (χ0n) is 11.8. The molecule has 0 aromatic rings. The number of hydrogen-bond acceptors (Lipinski definition) is 4. The lowest BCUT2D eigenvalue weighted by Gasteiger charge is -2.43. The predicted molar refractivity (Wildman–Crippen MR) is 68.1 cm³/mol. The second kappa shape index (κ2) is 5.56. The number of hydrogen-bond donors (Lipinski definition) is 0.